The third kappa shape index (κ3) is 5.99. The molecule has 164 valence electrons. The summed E-state index contributed by atoms with van der Waals surface area (Å²) in [6, 6.07) is 11.0. The predicted octanol–water partition coefficient (Wildman–Crippen LogP) is 6.06. The van der Waals surface area contributed by atoms with Crippen LogP contribution in [0.4, 0.5) is 5.69 Å². The van der Waals surface area contributed by atoms with Gasteiger partial charge in [-0.2, -0.15) is 11.8 Å². The molecule has 0 aromatic heterocycles. The van der Waals surface area contributed by atoms with Crippen LogP contribution in [0.5, 0.6) is 0 Å². The average Bonchev–Trinajstić information content (AvgIpc) is 2.74. The van der Waals surface area contributed by atoms with Crippen molar-refractivity contribution >= 4 is 62.3 Å². The van der Waals surface area contributed by atoms with Crippen molar-refractivity contribution < 1.29 is 8.42 Å². The molecule has 30 heavy (non-hydrogen) atoms. The molecule has 3 rings (SSSR count). The number of piperidine rings is 1. The summed E-state index contributed by atoms with van der Waals surface area (Å²) in [5.74, 6) is 0. The zero-order valence-electron chi connectivity index (χ0n) is 16.7. The minimum Gasteiger partial charge on any atom is -0.303 e. The number of rotatable bonds is 8. The summed E-state index contributed by atoms with van der Waals surface area (Å²) in [6.07, 6.45) is 5.20. The van der Waals surface area contributed by atoms with Crippen molar-refractivity contribution in [2.45, 2.75) is 29.4 Å². The highest BCUT2D eigenvalue weighted by atomic mass is 35.5. The smallest absolute Gasteiger partial charge is 0.264 e. The largest absolute Gasteiger partial charge is 0.303 e. The highest BCUT2D eigenvalue weighted by molar-refractivity contribution is 7.99. The van der Waals surface area contributed by atoms with Gasteiger partial charge in [-0.1, -0.05) is 34.8 Å². The molecular weight excluding hydrogens is 483 g/mol. The van der Waals surface area contributed by atoms with Crippen LogP contribution in [0.25, 0.3) is 0 Å². The third-order valence-corrected chi connectivity index (χ3v) is 9.05. The van der Waals surface area contributed by atoms with Crippen molar-refractivity contribution in [3.63, 3.8) is 0 Å². The third-order valence-electron chi connectivity index (χ3n) is 5.28. The van der Waals surface area contributed by atoms with Gasteiger partial charge in [0.15, 0.2) is 0 Å². The van der Waals surface area contributed by atoms with Gasteiger partial charge in [0.1, 0.15) is 0 Å². The number of hydrogen-bond acceptors (Lipinski definition) is 4. The van der Waals surface area contributed by atoms with Gasteiger partial charge in [0, 0.05) is 21.8 Å². The monoisotopic (exact) mass is 506 g/mol. The molecule has 0 aliphatic carbocycles. The Morgan fingerprint density at radius 1 is 1.03 bits per heavy atom. The van der Waals surface area contributed by atoms with Gasteiger partial charge in [-0.3, -0.25) is 4.31 Å². The first-order valence-electron chi connectivity index (χ1n) is 9.80. The lowest BCUT2D eigenvalue weighted by atomic mass is 10.1. The maximum Gasteiger partial charge on any atom is 0.264 e. The summed E-state index contributed by atoms with van der Waals surface area (Å²) >= 11 is 20.4. The van der Waals surface area contributed by atoms with E-state index < -0.39 is 10.0 Å². The van der Waals surface area contributed by atoms with Crippen molar-refractivity contribution in [1.82, 2.24) is 4.90 Å². The molecule has 4 nitrogen and oxygen atoms in total. The molecular formula is C21H25Cl3N2O2S2. The number of likely N-dealkylation sites (tertiary alicyclic amines) is 1. The second kappa shape index (κ2) is 10.8. The van der Waals surface area contributed by atoms with E-state index in [1.54, 1.807) is 30.3 Å². The van der Waals surface area contributed by atoms with E-state index in [9.17, 15) is 8.42 Å². The first-order valence-corrected chi connectivity index (χ1v) is 13.7. The summed E-state index contributed by atoms with van der Waals surface area (Å²) in [6.45, 7) is 3.25. The van der Waals surface area contributed by atoms with Gasteiger partial charge in [0.05, 0.1) is 15.6 Å². The fourth-order valence-corrected chi connectivity index (χ4v) is 6.35. The highest BCUT2D eigenvalue weighted by Crippen LogP contribution is 2.33. The second-order valence-corrected chi connectivity index (χ2v) is 11.5. The van der Waals surface area contributed by atoms with Gasteiger partial charge >= 0.3 is 0 Å². The van der Waals surface area contributed by atoms with E-state index in [4.69, 9.17) is 34.8 Å². The topological polar surface area (TPSA) is 40.6 Å². The number of hydrogen-bond donors (Lipinski definition) is 0. The van der Waals surface area contributed by atoms with Crippen LogP contribution < -0.4 is 4.31 Å². The maximum atomic E-state index is 13.4. The lowest BCUT2D eigenvalue weighted by Gasteiger charge is -2.32. The van der Waals surface area contributed by atoms with Crippen LogP contribution in [-0.2, 0) is 10.0 Å². The molecule has 0 amide bonds. The Morgan fingerprint density at radius 3 is 2.30 bits per heavy atom. The van der Waals surface area contributed by atoms with Gasteiger partial charge < -0.3 is 4.90 Å². The molecule has 1 aliphatic rings. The maximum absolute atomic E-state index is 13.4. The average molecular weight is 508 g/mol. The Kier molecular flexibility index (Phi) is 8.64. The first-order chi connectivity index (χ1) is 14.3. The molecule has 0 N–H and O–H groups in total. The first kappa shape index (κ1) is 24.0. The van der Waals surface area contributed by atoms with E-state index in [-0.39, 0.29) is 4.90 Å². The fraction of sp³-hybridized carbons (Fsp3) is 0.429. The minimum atomic E-state index is -3.82. The lowest BCUT2D eigenvalue weighted by Crippen LogP contribution is -2.38. The van der Waals surface area contributed by atoms with Crippen LogP contribution in [0.2, 0.25) is 15.1 Å². The SMILES string of the molecule is CSC1CCN(CCCN(c2cc(Cl)ccc2Cl)S(=O)(=O)c2ccc(Cl)cc2)CC1. The molecule has 0 radical (unpaired) electrons. The summed E-state index contributed by atoms with van der Waals surface area (Å²) in [5, 5.41) is 1.99. The molecule has 9 heteroatoms. The molecule has 0 bridgehead atoms. The van der Waals surface area contributed by atoms with Gasteiger partial charge in [-0.15, -0.1) is 0 Å². The van der Waals surface area contributed by atoms with E-state index in [0.29, 0.717) is 33.7 Å². The van der Waals surface area contributed by atoms with E-state index in [1.807, 2.05) is 11.8 Å². The molecule has 1 fully saturated rings. The van der Waals surface area contributed by atoms with Crippen LogP contribution in [0.3, 0.4) is 0 Å². The van der Waals surface area contributed by atoms with Gasteiger partial charge in [-0.05, 0) is 87.6 Å². The number of thioether (sulfide) groups is 1. The van der Waals surface area contributed by atoms with Crippen LogP contribution in [-0.4, -0.2) is 51.0 Å². The molecule has 1 heterocycles. The van der Waals surface area contributed by atoms with Gasteiger partial charge in [0.25, 0.3) is 10.0 Å². The minimum absolute atomic E-state index is 0.170. The predicted molar refractivity (Wildman–Crippen MR) is 130 cm³/mol. The highest BCUT2D eigenvalue weighted by Gasteiger charge is 2.27. The van der Waals surface area contributed by atoms with E-state index in [2.05, 4.69) is 11.2 Å². The standard InChI is InChI=1S/C21H25Cl3N2O2S2/c1-29-18-9-13-25(14-10-18)11-2-12-26(21-15-17(23)5-8-20(21)24)30(27,28)19-6-3-16(22)4-7-19/h3-8,15,18H,2,9-14H2,1H3. The number of nitrogens with zero attached hydrogens (tertiary/aromatic N) is 2. The molecule has 2 aromatic rings. The molecule has 0 spiro atoms. The van der Waals surface area contributed by atoms with E-state index >= 15 is 0 Å². The van der Waals surface area contributed by atoms with Crippen molar-refractivity contribution in [3.8, 4) is 0 Å². The Hall–Kier alpha value is -0.630. The van der Waals surface area contributed by atoms with Crippen LogP contribution in [0.1, 0.15) is 19.3 Å². The number of anilines is 1. The zero-order valence-corrected chi connectivity index (χ0v) is 20.6. The molecule has 0 atom stereocenters. The van der Waals surface area contributed by atoms with Crippen LogP contribution in [0.15, 0.2) is 47.4 Å². The Morgan fingerprint density at radius 2 is 1.67 bits per heavy atom. The van der Waals surface area contributed by atoms with Gasteiger partial charge in [-0.25, -0.2) is 8.42 Å². The molecule has 0 saturated carbocycles. The molecule has 0 unspecified atom stereocenters. The quantitative estimate of drug-likeness (QED) is 0.435. The number of benzene rings is 2. The van der Waals surface area contributed by atoms with Crippen molar-refractivity contribution in [1.29, 1.82) is 0 Å². The molecule has 1 saturated heterocycles. The van der Waals surface area contributed by atoms with E-state index in [1.165, 1.54) is 29.3 Å². The fourth-order valence-electron chi connectivity index (χ4n) is 3.59. The van der Waals surface area contributed by atoms with Gasteiger partial charge in [0.2, 0.25) is 0 Å². The second-order valence-electron chi connectivity index (χ2n) is 7.26. The van der Waals surface area contributed by atoms with Crippen molar-refractivity contribution in [2.75, 3.05) is 36.7 Å². The van der Waals surface area contributed by atoms with Crippen LogP contribution >= 0.6 is 46.6 Å². The van der Waals surface area contributed by atoms with Crippen molar-refractivity contribution in [3.05, 3.63) is 57.5 Å². The molecule has 2 aromatic carbocycles. The number of sulfonamides is 1. The summed E-state index contributed by atoms with van der Waals surface area (Å²) in [7, 11) is -3.82. The Bertz CT molecular complexity index is 947. The normalized spacial score (nSPS) is 16.0. The summed E-state index contributed by atoms with van der Waals surface area (Å²) in [5.41, 5.74) is 0.389. The zero-order chi connectivity index (χ0) is 21.7. The lowest BCUT2D eigenvalue weighted by molar-refractivity contribution is 0.232. The van der Waals surface area contributed by atoms with E-state index in [0.717, 1.165) is 24.9 Å². The Balaban J connectivity index is 1.80. The molecule has 1 aliphatic heterocycles. The van der Waals surface area contributed by atoms with Crippen LogP contribution in [0, 0.1) is 0 Å². The Labute approximate surface area is 198 Å². The van der Waals surface area contributed by atoms with Crippen molar-refractivity contribution in [2.24, 2.45) is 0 Å². The summed E-state index contributed by atoms with van der Waals surface area (Å²) < 4.78 is 28.2. The summed E-state index contributed by atoms with van der Waals surface area (Å²) in [4.78, 5) is 2.57. The number of halogens is 3.